The van der Waals surface area contributed by atoms with E-state index in [0.29, 0.717) is 12.6 Å². The zero-order chi connectivity index (χ0) is 14.7. The second kappa shape index (κ2) is 6.41. The molecule has 112 valence electrons. The molecule has 1 aromatic heterocycles. The summed E-state index contributed by atoms with van der Waals surface area (Å²) >= 11 is 0. The molecule has 1 aliphatic rings. The van der Waals surface area contributed by atoms with E-state index in [2.05, 4.69) is 5.32 Å². The molecule has 21 heavy (non-hydrogen) atoms. The molecule has 3 rings (SSSR count). The third kappa shape index (κ3) is 3.52. The third-order valence-electron chi connectivity index (χ3n) is 3.84. The normalized spacial score (nSPS) is 18.9. The van der Waals surface area contributed by atoms with Gasteiger partial charge in [-0.1, -0.05) is 0 Å². The zero-order valence-corrected chi connectivity index (χ0v) is 12.2. The molecule has 4 heteroatoms. The van der Waals surface area contributed by atoms with Gasteiger partial charge in [-0.05, 0) is 55.7 Å². The van der Waals surface area contributed by atoms with Gasteiger partial charge in [0.1, 0.15) is 17.3 Å². The van der Waals surface area contributed by atoms with E-state index in [1.807, 2.05) is 19.1 Å². The van der Waals surface area contributed by atoms with Gasteiger partial charge in [-0.25, -0.2) is 4.39 Å². The van der Waals surface area contributed by atoms with E-state index in [4.69, 9.17) is 9.15 Å². The van der Waals surface area contributed by atoms with Crippen LogP contribution >= 0.6 is 0 Å². The summed E-state index contributed by atoms with van der Waals surface area (Å²) in [5.74, 6) is 1.45. The molecule has 0 amide bonds. The van der Waals surface area contributed by atoms with Gasteiger partial charge in [-0.2, -0.15) is 0 Å². The average Bonchev–Trinajstić information content (AvgIpc) is 2.95. The Morgan fingerprint density at radius 3 is 2.95 bits per heavy atom. The van der Waals surface area contributed by atoms with E-state index in [9.17, 15) is 4.39 Å². The highest BCUT2D eigenvalue weighted by Gasteiger charge is 2.14. The van der Waals surface area contributed by atoms with Crippen molar-refractivity contribution in [1.29, 1.82) is 0 Å². The van der Waals surface area contributed by atoms with Gasteiger partial charge < -0.3 is 14.5 Å². The van der Waals surface area contributed by atoms with Crippen molar-refractivity contribution in [1.82, 2.24) is 5.32 Å². The van der Waals surface area contributed by atoms with Crippen LogP contribution in [0, 0.1) is 12.7 Å². The number of benzene rings is 1. The van der Waals surface area contributed by atoms with Crippen molar-refractivity contribution in [3.05, 3.63) is 47.5 Å². The van der Waals surface area contributed by atoms with Gasteiger partial charge in [0.15, 0.2) is 0 Å². The number of halogens is 1. The van der Waals surface area contributed by atoms with E-state index in [1.54, 1.807) is 6.07 Å². The van der Waals surface area contributed by atoms with Crippen LogP contribution in [-0.4, -0.2) is 19.3 Å². The maximum absolute atomic E-state index is 13.1. The van der Waals surface area contributed by atoms with Gasteiger partial charge in [-0.15, -0.1) is 0 Å². The number of furan rings is 1. The second-order valence-corrected chi connectivity index (χ2v) is 5.52. The number of hydrogen-bond acceptors (Lipinski definition) is 3. The number of ether oxygens (including phenoxy) is 1. The molecule has 1 aromatic carbocycles. The largest absolute Gasteiger partial charge is 0.460 e. The van der Waals surface area contributed by atoms with Crippen LogP contribution in [0.25, 0.3) is 11.3 Å². The molecule has 0 aliphatic carbocycles. The fraction of sp³-hybridized carbons (Fsp3) is 0.412. The van der Waals surface area contributed by atoms with Crippen LogP contribution in [-0.2, 0) is 11.3 Å². The topological polar surface area (TPSA) is 34.4 Å². The Labute approximate surface area is 124 Å². The molecule has 0 saturated carbocycles. The van der Waals surface area contributed by atoms with Crippen molar-refractivity contribution in [3.8, 4) is 11.3 Å². The predicted molar refractivity (Wildman–Crippen MR) is 79.5 cm³/mol. The summed E-state index contributed by atoms with van der Waals surface area (Å²) in [5.41, 5.74) is 1.81. The van der Waals surface area contributed by atoms with Crippen molar-refractivity contribution in [2.45, 2.75) is 32.4 Å². The highest BCUT2D eigenvalue weighted by molar-refractivity contribution is 5.62. The Hall–Kier alpha value is -1.65. The van der Waals surface area contributed by atoms with Crippen LogP contribution in [0.4, 0.5) is 4.39 Å². The zero-order valence-electron chi connectivity index (χ0n) is 12.2. The summed E-state index contributed by atoms with van der Waals surface area (Å²) in [5, 5.41) is 3.45. The first-order chi connectivity index (χ1) is 10.2. The van der Waals surface area contributed by atoms with E-state index < -0.39 is 0 Å². The third-order valence-corrected chi connectivity index (χ3v) is 3.84. The molecular formula is C17H20FNO2. The minimum absolute atomic E-state index is 0.220. The lowest BCUT2D eigenvalue weighted by atomic mass is 10.1. The van der Waals surface area contributed by atoms with Crippen molar-refractivity contribution >= 4 is 0 Å². The predicted octanol–water partition coefficient (Wildman–Crippen LogP) is 3.66. The van der Waals surface area contributed by atoms with E-state index in [-0.39, 0.29) is 5.82 Å². The van der Waals surface area contributed by atoms with Crippen molar-refractivity contribution in [3.63, 3.8) is 0 Å². The van der Waals surface area contributed by atoms with Crippen LogP contribution in [0.5, 0.6) is 0 Å². The number of aryl methyl sites for hydroxylation is 1. The number of rotatable bonds is 4. The lowest BCUT2D eigenvalue weighted by Gasteiger charge is -2.22. The van der Waals surface area contributed by atoms with Gasteiger partial charge in [0.05, 0.1) is 13.2 Å². The summed E-state index contributed by atoms with van der Waals surface area (Å²) in [7, 11) is 0. The van der Waals surface area contributed by atoms with Gasteiger partial charge in [-0.3, -0.25) is 0 Å². The standard InChI is InChI=1S/C17H20FNO2/c1-12-9-13(18)4-6-16(12)17-7-5-15(21-17)10-19-14-3-2-8-20-11-14/h4-7,9,14,19H,2-3,8,10-11H2,1H3. The smallest absolute Gasteiger partial charge is 0.134 e. The minimum Gasteiger partial charge on any atom is -0.460 e. The number of nitrogens with one attached hydrogen (secondary N) is 1. The molecule has 1 fully saturated rings. The fourth-order valence-corrected chi connectivity index (χ4v) is 2.67. The van der Waals surface area contributed by atoms with Crippen LogP contribution < -0.4 is 5.32 Å². The molecular weight excluding hydrogens is 269 g/mol. The fourth-order valence-electron chi connectivity index (χ4n) is 2.67. The first kappa shape index (κ1) is 14.3. The first-order valence-corrected chi connectivity index (χ1v) is 7.39. The molecule has 1 atom stereocenters. The molecule has 1 aliphatic heterocycles. The van der Waals surface area contributed by atoms with Crippen LogP contribution in [0.2, 0.25) is 0 Å². The quantitative estimate of drug-likeness (QED) is 0.932. The van der Waals surface area contributed by atoms with Gasteiger partial charge in [0.2, 0.25) is 0 Å². The van der Waals surface area contributed by atoms with Crippen molar-refractivity contribution in [2.75, 3.05) is 13.2 Å². The minimum atomic E-state index is -0.220. The van der Waals surface area contributed by atoms with E-state index in [1.165, 1.54) is 12.1 Å². The van der Waals surface area contributed by atoms with E-state index >= 15 is 0 Å². The maximum Gasteiger partial charge on any atom is 0.134 e. The second-order valence-electron chi connectivity index (χ2n) is 5.52. The Balaban J connectivity index is 1.65. The van der Waals surface area contributed by atoms with Crippen molar-refractivity contribution in [2.24, 2.45) is 0 Å². The molecule has 1 unspecified atom stereocenters. The molecule has 2 heterocycles. The Bertz CT molecular complexity index is 603. The summed E-state index contributed by atoms with van der Waals surface area (Å²) in [6.45, 7) is 4.21. The summed E-state index contributed by atoms with van der Waals surface area (Å²) < 4.78 is 24.4. The molecule has 0 spiro atoms. The van der Waals surface area contributed by atoms with E-state index in [0.717, 1.165) is 48.7 Å². The molecule has 1 saturated heterocycles. The highest BCUT2D eigenvalue weighted by Crippen LogP contribution is 2.26. The molecule has 3 nitrogen and oxygen atoms in total. The average molecular weight is 289 g/mol. The molecule has 1 N–H and O–H groups in total. The Morgan fingerprint density at radius 1 is 1.29 bits per heavy atom. The van der Waals surface area contributed by atoms with Crippen molar-refractivity contribution < 1.29 is 13.5 Å². The van der Waals surface area contributed by atoms with Crippen LogP contribution in [0.1, 0.15) is 24.2 Å². The van der Waals surface area contributed by atoms with Crippen LogP contribution in [0.3, 0.4) is 0 Å². The summed E-state index contributed by atoms with van der Waals surface area (Å²) in [6.07, 6.45) is 2.25. The molecule has 0 bridgehead atoms. The van der Waals surface area contributed by atoms with Crippen LogP contribution in [0.15, 0.2) is 34.7 Å². The summed E-state index contributed by atoms with van der Waals surface area (Å²) in [4.78, 5) is 0. The van der Waals surface area contributed by atoms with Gasteiger partial charge >= 0.3 is 0 Å². The Kier molecular flexibility index (Phi) is 4.36. The maximum atomic E-state index is 13.1. The molecule has 0 radical (unpaired) electrons. The monoisotopic (exact) mass is 289 g/mol. The summed E-state index contributed by atoms with van der Waals surface area (Å²) in [6, 6.07) is 9.05. The van der Waals surface area contributed by atoms with Gasteiger partial charge in [0, 0.05) is 18.2 Å². The number of hydrogen-bond donors (Lipinski definition) is 1. The lowest BCUT2D eigenvalue weighted by Crippen LogP contribution is -2.36. The highest BCUT2D eigenvalue weighted by atomic mass is 19.1. The first-order valence-electron chi connectivity index (χ1n) is 7.39. The Morgan fingerprint density at radius 2 is 2.19 bits per heavy atom. The SMILES string of the molecule is Cc1cc(F)ccc1-c1ccc(CNC2CCCOC2)o1. The lowest BCUT2D eigenvalue weighted by molar-refractivity contribution is 0.0693. The van der Waals surface area contributed by atoms with Gasteiger partial charge in [0.25, 0.3) is 0 Å². The molecule has 2 aromatic rings.